The van der Waals surface area contributed by atoms with Crippen molar-refractivity contribution in [1.29, 1.82) is 0 Å². The lowest BCUT2D eigenvalue weighted by Crippen LogP contribution is -2.53. The summed E-state index contributed by atoms with van der Waals surface area (Å²) in [6.07, 6.45) is 0.239. The lowest BCUT2D eigenvalue weighted by molar-refractivity contribution is -0.140. The zero-order valence-electron chi connectivity index (χ0n) is 24.7. The Morgan fingerprint density at radius 1 is 0.818 bits per heavy atom. The van der Waals surface area contributed by atoms with Gasteiger partial charge in [-0.2, -0.15) is 0 Å². The van der Waals surface area contributed by atoms with Crippen LogP contribution in [0.2, 0.25) is 5.02 Å². The monoisotopic (exact) mass is 633 g/mol. The molecule has 0 radical (unpaired) electrons. The molecule has 0 aliphatic heterocycles. The number of nitrogens with one attached hydrogen (secondary N) is 1. The van der Waals surface area contributed by atoms with E-state index in [4.69, 9.17) is 16.3 Å². The number of halogens is 1. The van der Waals surface area contributed by atoms with Crippen molar-refractivity contribution in [1.82, 2.24) is 10.2 Å². The van der Waals surface area contributed by atoms with Crippen LogP contribution in [0.1, 0.15) is 25.0 Å². The van der Waals surface area contributed by atoms with Crippen molar-refractivity contribution in [3.63, 3.8) is 0 Å². The third kappa shape index (κ3) is 8.39. The molecule has 0 bridgehead atoms. The Morgan fingerprint density at radius 3 is 2.02 bits per heavy atom. The van der Waals surface area contributed by atoms with Crippen LogP contribution in [0.3, 0.4) is 0 Å². The van der Waals surface area contributed by atoms with Gasteiger partial charge in [-0.15, -0.1) is 0 Å². The second kappa shape index (κ2) is 15.4. The average Bonchev–Trinajstić information content (AvgIpc) is 3.03. The highest BCUT2D eigenvalue weighted by Crippen LogP contribution is 2.26. The maximum absolute atomic E-state index is 14.3. The lowest BCUT2D eigenvalue weighted by atomic mass is 10.0. The Morgan fingerprint density at radius 2 is 1.43 bits per heavy atom. The number of hydrogen-bond acceptors (Lipinski definition) is 5. The molecule has 230 valence electrons. The molecular weight excluding hydrogens is 598 g/mol. The Hall–Kier alpha value is -4.34. The molecule has 0 saturated carbocycles. The zero-order valence-corrected chi connectivity index (χ0v) is 26.3. The van der Waals surface area contributed by atoms with Gasteiger partial charge in [0.2, 0.25) is 11.8 Å². The van der Waals surface area contributed by atoms with Crippen LogP contribution in [-0.4, -0.2) is 50.9 Å². The molecule has 1 unspecified atom stereocenters. The smallest absolute Gasteiger partial charge is 0.264 e. The fourth-order valence-electron chi connectivity index (χ4n) is 4.76. The number of nitrogens with zero attached hydrogens (tertiary/aromatic N) is 2. The summed E-state index contributed by atoms with van der Waals surface area (Å²) in [4.78, 5) is 29.3. The van der Waals surface area contributed by atoms with Gasteiger partial charge in [0, 0.05) is 24.5 Å². The molecule has 0 spiro atoms. The molecule has 0 aliphatic rings. The van der Waals surface area contributed by atoms with Crippen LogP contribution in [0.4, 0.5) is 5.69 Å². The number of para-hydroxylation sites is 1. The van der Waals surface area contributed by atoms with Crippen LogP contribution < -0.4 is 14.4 Å². The molecule has 8 nitrogen and oxygen atoms in total. The van der Waals surface area contributed by atoms with Crippen LogP contribution in [-0.2, 0) is 32.6 Å². The van der Waals surface area contributed by atoms with E-state index in [0.717, 1.165) is 15.4 Å². The summed E-state index contributed by atoms with van der Waals surface area (Å²) in [6.45, 7) is 4.00. The van der Waals surface area contributed by atoms with Crippen LogP contribution in [0.15, 0.2) is 114 Å². The number of benzene rings is 4. The van der Waals surface area contributed by atoms with E-state index in [2.05, 4.69) is 5.32 Å². The fourth-order valence-corrected chi connectivity index (χ4v) is 6.30. The first kappa shape index (κ1) is 32.6. The number of rotatable bonds is 14. The van der Waals surface area contributed by atoms with Crippen LogP contribution in [0.25, 0.3) is 0 Å². The van der Waals surface area contributed by atoms with Crippen molar-refractivity contribution in [3.8, 4) is 5.75 Å². The van der Waals surface area contributed by atoms with Crippen LogP contribution >= 0.6 is 11.6 Å². The summed E-state index contributed by atoms with van der Waals surface area (Å²) in [5, 5.41) is 3.39. The molecule has 0 saturated heterocycles. The number of likely N-dealkylation sites (N-methyl/N-ethyl adjacent to an activating group) is 1. The number of carbonyl (C=O) groups is 2. The largest absolute Gasteiger partial charge is 0.494 e. The first-order chi connectivity index (χ1) is 21.2. The molecule has 10 heteroatoms. The lowest BCUT2D eigenvalue weighted by Gasteiger charge is -2.33. The first-order valence-electron chi connectivity index (χ1n) is 14.4. The van der Waals surface area contributed by atoms with Crippen LogP contribution in [0, 0.1) is 0 Å². The highest BCUT2D eigenvalue weighted by Gasteiger charge is 2.34. The Labute approximate surface area is 264 Å². The maximum atomic E-state index is 14.3. The van der Waals surface area contributed by atoms with Gasteiger partial charge in [-0.05, 0) is 73.5 Å². The van der Waals surface area contributed by atoms with E-state index in [1.165, 1.54) is 17.0 Å². The van der Waals surface area contributed by atoms with Crippen molar-refractivity contribution in [3.05, 3.63) is 125 Å². The normalized spacial score (nSPS) is 11.8. The van der Waals surface area contributed by atoms with Crippen molar-refractivity contribution in [2.75, 3.05) is 24.0 Å². The molecule has 0 heterocycles. The van der Waals surface area contributed by atoms with Gasteiger partial charge < -0.3 is 15.0 Å². The number of anilines is 1. The summed E-state index contributed by atoms with van der Waals surface area (Å²) in [5.41, 5.74) is 1.92. The standard InChI is InChI=1S/C34H36ClN3O5S/c1-3-36-34(40)32(23-26-11-7-5-8-12-26)37(24-27-15-17-28(35)18-16-27)33(39)25-38(29-13-9-6-10-14-29)44(41,42)31-21-19-30(20-22-31)43-4-2/h5-22,32H,3-4,23-25H2,1-2H3,(H,36,40). The Kier molecular flexibility index (Phi) is 11.4. The van der Waals surface area contributed by atoms with Gasteiger partial charge in [-0.25, -0.2) is 8.42 Å². The third-order valence-corrected chi connectivity index (χ3v) is 8.97. The van der Waals surface area contributed by atoms with E-state index >= 15 is 0 Å². The molecule has 0 fully saturated rings. The molecule has 44 heavy (non-hydrogen) atoms. The van der Waals surface area contributed by atoms with E-state index in [1.54, 1.807) is 66.7 Å². The molecule has 4 aromatic carbocycles. The fraction of sp³-hybridized carbons (Fsp3) is 0.235. The van der Waals surface area contributed by atoms with Gasteiger partial charge in [0.25, 0.3) is 10.0 Å². The number of sulfonamides is 1. The van der Waals surface area contributed by atoms with Gasteiger partial charge in [-0.1, -0.05) is 72.3 Å². The second-order valence-corrected chi connectivity index (χ2v) is 12.3. The quantitative estimate of drug-likeness (QED) is 0.192. The van der Waals surface area contributed by atoms with E-state index in [-0.39, 0.29) is 23.8 Å². The van der Waals surface area contributed by atoms with Gasteiger partial charge in [-0.3, -0.25) is 13.9 Å². The summed E-state index contributed by atoms with van der Waals surface area (Å²) in [7, 11) is -4.20. The minimum Gasteiger partial charge on any atom is -0.494 e. The van der Waals surface area contributed by atoms with Gasteiger partial charge in [0.1, 0.15) is 18.3 Å². The van der Waals surface area contributed by atoms with Crippen molar-refractivity contribution >= 4 is 39.1 Å². The summed E-state index contributed by atoms with van der Waals surface area (Å²) in [5.74, 6) is -0.335. The summed E-state index contributed by atoms with van der Waals surface area (Å²) >= 11 is 6.12. The number of ether oxygens (including phenoxy) is 1. The SMILES string of the molecule is CCNC(=O)C(Cc1ccccc1)N(Cc1ccc(Cl)cc1)C(=O)CN(c1ccccc1)S(=O)(=O)c1ccc(OCC)cc1. The molecule has 0 aliphatic carbocycles. The Bertz CT molecular complexity index is 1620. The van der Waals surface area contributed by atoms with E-state index < -0.39 is 28.5 Å². The highest BCUT2D eigenvalue weighted by molar-refractivity contribution is 7.92. The molecule has 1 atom stereocenters. The Balaban J connectivity index is 1.76. The molecule has 1 N–H and O–H groups in total. The highest BCUT2D eigenvalue weighted by atomic mass is 35.5. The minimum atomic E-state index is -4.20. The molecular formula is C34H36ClN3O5S. The molecule has 4 aromatic rings. The zero-order chi connectivity index (χ0) is 31.5. The van der Waals surface area contributed by atoms with Crippen molar-refractivity contribution < 1.29 is 22.7 Å². The molecule has 4 rings (SSSR count). The van der Waals surface area contributed by atoms with Gasteiger partial charge in [0.05, 0.1) is 17.2 Å². The number of hydrogen-bond donors (Lipinski definition) is 1. The van der Waals surface area contributed by atoms with Gasteiger partial charge >= 0.3 is 0 Å². The van der Waals surface area contributed by atoms with E-state index in [0.29, 0.717) is 29.6 Å². The third-order valence-electron chi connectivity index (χ3n) is 6.93. The topological polar surface area (TPSA) is 96.0 Å². The maximum Gasteiger partial charge on any atom is 0.264 e. The van der Waals surface area contributed by atoms with Gasteiger partial charge in [0.15, 0.2) is 0 Å². The van der Waals surface area contributed by atoms with Crippen molar-refractivity contribution in [2.45, 2.75) is 37.8 Å². The minimum absolute atomic E-state index is 0.00594. The molecule has 0 aromatic heterocycles. The number of amides is 2. The van der Waals surface area contributed by atoms with Crippen LogP contribution in [0.5, 0.6) is 5.75 Å². The summed E-state index contributed by atoms with van der Waals surface area (Å²) < 4.78 is 34.7. The molecule has 2 amide bonds. The van der Waals surface area contributed by atoms with Crippen molar-refractivity contribution in [2.24, 2.45) is 0 Å². The van der Waals surface area contributed by atoms with E-state index in [9.17, 15) is 18.0 Å². The predicted octanol–water partition coefficient (Wildman–Crippen LogP) is 5.71. The summed E-state index contributed by atoms with van der Waals surface area (Å²) in [6, 6.07) is 30.0. The number of carbonyl (C=O) groups excluding carboxylic acids is 2. The first-order valence-corrected chi connectivity index (χ1v) is 16.2. The van der Waals surface area contributed by atoms with E-state index in [1.807, 2.05) is 44.2 Å². The average molecular weight is 634 g/mol. The second-order valence-electron chi connectivity index (χ2n) is 10.00. The predicted molar refractivity (Wildman–Crippen MR) is 173 cm³/mol.